The molecule has 0 saturated carbocycles. The lowest BCUT2D eigenvalue weighted by Gasteiger charge is -2.06. The second-order valence-electron chi connectivity index (χ2n) is 4.18. The van der Waals surface area contributed by atoms with Crippen molar-refractivity contribution in [3.05, 3.63) is 59.5 Å². The van der Waals surface area contributed by atoms with Crippen molar-refractivity contribution in [2.45, 2.75) is 6.54 Å². The van der Waals surface area contributed by atoms with E-state index < -0.39 is 5.97 Å². The molecule has 0 aromatic carbocycles. The highest BCUT2D eigenvalue weighted by Crippen LogP contribution is 2.23. The van der Waals surface area contributed by atoms with Crippen LogP contribution in [0.4, 0.5) is 0 Å². The predicted molar refractivity (Wildman–Crippen MR) is 75.8 cm³/mol. The summed E-state index contributed by atoms with van der Waals surface area (Å²) in [4.78, 5) is 20.5. The Hall–Kier alpha value is -2.47. The SMILES string of the molecule is O=C(O)c1cccc(Cn2ccnc2-c2cccs2)n1. The van der Waals surface area contributed by atoms with Gasteiger partial charge in [0.25, 0.3) is 0 Å². The van der Waals surface area contributed by atoms with Crippen LogP contribution in [0.15, 0.2) is 48.1 Å². The van der Waals surface area contributed by atoms with Gasteiger partial charge in [-0.15, -0.1) is 11.3 Å². The molecule has 3 rings (SSSR count). The number of aromatic carboxylic acids is 1. The fraction of sp³-hybridized carbons (Fsp3) is 0.0714. The lowest BCUT2D eigenvalue weighted by Crippen LogP contribution is -2.06. The summed E-state index contributed by atoms with van der Waals surface area (Å²) in [6.07, 6.45) is 3.60. The maximum Gasteiger partial charge on any atom is 0.354 e. The molecule has 0 saturated heterocycles. The molecule has 0 atom stereocenters. The van der Waals surface area contributed by atoms with Crippen LogP contribution in [0.2, 0.25) is 0 Å². The molecule has 20 heavy (non-hydrogen) atoms. The number of pyridine rings is 1. The van der Waals surface area contributed by atoms with E-state index in [1.54, 1.807) is 23.6 Å². The molecule has 0 amide bonds. The molecular formula is C14H11N3O2S. The van der Waals surface area contributed by atoms with E-state index in [2.05, 4.69) is 9.97 Å². The number of thiophene rings is 1. The summed E-state index contributed by atoms with van der Waals surface area (Å²) < 4.78 is 1.96. The first-order valence-corrected chi connectivity index (χ1v) is 6.86. The van der Waals surface area contributed by atoms with E-state index in [0.717, 1.165) is 10.7 Å². The zero-order valence-electron chi connectivity index (χ0n) is 10.4. The second-order valence-corrected chi connectivity index (χ2v) is 5.12. The van der Waals surface area contributed by atoms with Gasteiger partial charge in [-0.1, -0.05) is 12.1 Å². The molecule has 0 aliphatic rings. The summed E-state index contributed by atoms with van der Waals surface area (Å²) in [5.41, 5.74) is 0.751. The molecule has 0 unspecified atom stereocenters. The van der Waals surface area contributed by atoms with Crippen molar-refractivity contribution in [1.29, 1.82) is 0 Å². The topological polar surface area (TPSA) is 68.0 Å². The minimum absolute atomic E-state index is 0.0558. The first-order chi connectivity index (χ1) is 9.74. The van der Waals surface area contributed by atoms with Crippen LogP contribution in [0.3, 0.4) is 0 Å². The number of carboxylic acids is 1. The Morgan fingerprint density at radius 1 is 1.30 bits per heavy atom. The van der Waals surface area contributed by atoms with Crippen molar-refractivity contribution >= 4 is 17.3 Å². The van der Waals surface area contributed by atoms with E-state index in [0.29, 0.717) is 12.2 Å². The summed E-state index contributed by atoms with van der Waals surface area (Å²) in [5, 5.41) is 11.0. The van der Waals surface area contributed by atoms with Gasteiger partial charge < -0.3 is 9.67 Å². The number of hydrogen-bond acceptors (Lipinski definition) is 4. The molecule has 0 aliphatic heterocycles. The molecule has 3 heterocycles. The summed E-state index contributed by atoms with van der Waals surface area (Å²) in [7, 11) is 0. The Morgan fingerprint density at radius 2 is 2.20 bits per heavy atom. The smallest absolute Gasteiger partial charge is 0.354 e. The van der Waals surface area contributed by atoms with Crippen molar-refractivity contribution in [3.63, 3.8) is 0 Å². The average Bonchev–Trinajstić information content (AvgIpc) is 3.09. The Labute approximate surface area is 119 Å². The Morgan fingerprint density at radius 3 is 2.95 bits per heavy atom. The lowest BCUT2D eigenvalue weighted by atomic mass is 10.3. The van der Waals surface area contributed by atoms with Gasteiger partial charge in [0, 0.05) is 12.4 Å². The van der Waals surface area contributed by atoms with Crippen LogP contribution in [0.1, 0.15) is 16.2 Å². The normalized spacial score (nSPS) is 10.6. The van der Waals surface area contributed by atoms with Gasteiger partial charge in [0.15, 0.2) is 0 Å². The summed E-state index contributed by atoms with van der Waals surface area (Å²) >= 11 is 1.62. The molecule has 1 N–H and O–H groups in total. The lowest BCUT2D eigenvalue weighted by molar-refractivity contribution is 0.0690. The quantitative estimate of drug-likeness (QED) is 0.800. The van der Waals surface area contributed by atoms with Crippen LogP contribution in [0.25, 0.3) is 10.7 Å². The maximum absolute atomic E-state index is 10.9. The van der Waals surface area contributed by atoms with Crippen LogP contribution < -0.4 is 0 Å². The molecule has 3 aromatic rings. The van der Waals surface area contributed by atoms with Crippen LogP contribution in [-0.2, 0) is 6.54 Å². The standard InChI is InChI=1S/C14H11N3O2S/c18-14(19)11-4-1-3-10(16-11)9-17-7-6-15-13(17)12-5-2-8-20-12/h1-8H,9H2,(H,18,19). The molecule has 0 aliphatic carbocycles. The first-order valence-electron chi connectivity index (χ1n) is 5.98. The third kappa shape index (κ3) is 2.46. The van der Waals surface area contributed by atoms with E-state index >= 15 is 0 Å². The number of carboxylic acid groups (broad SMARTS) is 1. The number of carbonyl (C=O) groups is 1. The van der Waals surface area contributed by atoms with Gasteiger partial charge in [0.2, 0.25) is 0 Å². The fourth-order valence-corrected chi connectivity index (χ4v) is 2.67. The van der Waals surface area contributed by atoms with Crippen molar-refractivity contribution in [2.75, 3.05) is 0 Å². The third-order valence-corrected chi connectivity index (χ3v) is 3.68. The van der Waals surface area contributed by atoms with E-state index in [9.17, 15) is 4.79 Å². The van der Waals surface area contributed by atoms with Gasteiger partial charge in [-0.3, -0.25) is 0 Å². The van der Waals surface area contributed by atoms with E-state index in [1.807, 2.05) is 34.3 Å². The Balaban J connectivity index is 1.91. The van der Waals surface area contributed by atoms with Gasteiger partial charge in [0.1, 0.15) is 11.5 Å². The first kappa shape index (κ1) is 12.6. The number of hydrogen-bond donors (Lipinski definition) is 1. The number of imidazole rings is 1. The molecule has 3 aromatic heterocycles. The largest absolute Gasteiger partial charge is 0.477 e. The van der Waals surface area contributed by atoms with Crippen molar-refractivity contribution in [1.82, 2.24) is 14.5 Å². The molecule has 0 spiro atoms. The van der Waals surface area contributed by atoms with Gasteiger partial charge in [0.05, 0.1) is 17.1 Å². The van der Waals surface area contributed by atoms with Crippen LogP contribution in [-0.4, -0.2) is 25.6 Å². The molecule has 0 fully saturated rings. The molecule has 6 heteroatoms. The van der Waals surface area contributed by atoms with E-state index in [1.165, 1.54) is 6.07 Å². The van der Waals surface area contributed by atoms with Crippen molar-refractivity contribution in [2.24, 2.45) is 0 Å². The number of rotatable bonds is 4. The van der Waals surface area contributed by atoms with Crippen LogP contribution in [0, 0.1) is 0 Å². The Kier molecular flexibility index (Phi) is 3.30. The fourth-order valence-electron chi connectivity index (χ4n) is 1.93. The van der Waals surface area contributed by atoms with Gasteiger partial charge in [-0.05, 0) is 23.6 Å². The molecule has 0 bridgehead atoms. The summed E-state index contributed by atoms with van der Waals surface area (Å²) in [6.45, 7) is 0.494. The summed E-state index contributed by atoms with van der Waals surface area (Å²) in [5.74, 6) is -0.154. The van der Waals surface area contributed by atoms with Crippen molar-refractivity contribution in [3.8, 4) is 10.7 Å². The average molecular weight is 285 g/mol. The zero-order valence-corrected chi connectivity index (χ0v) is 11.2. The van der Waals surface area contributed by atoms with E-state index in [-0.39, 0.29) is 5.69 Å². The third-order valence-electron chi connectivity index (χ3n) is 2.82. The minimum atomic E-state index is -1.02. The monoisotopic (exact) mass is 285 g/mol. The van der Waals surface area contributed by atoms with Gasteiger partial charge in [-0.2, -0.15) is 0 Å². The Bertz CT molecular complexity index is 734. The van der Waals surface area contributed by atoms with Crippen molar-refractivity contribution < 1.29 is 9.90 Å². The highest BCUT2D eigenvalue weighted by atomic mass is 32.1. The maximum atomic E-state index is 10.9. The van der Waals surface area contributed by atoms with Crippen LogP contribution in [0.5, 0.6) is 0 Å². The minimum Gasteiger partial charge on any atom is -0.477 e. The number of aromatic nitrogens is 3. The summed E-state index contributed by atoms with van der Waals surface area (Å²) in [6, 6.07) is 8.98. The van der Waals surface area contributed by atoms with Crippen LogP contribution >= 0.6 is 11.3 Å². The molecular weight excluding hydrogens is 274 g/mol. The van der Waals surface area contributed by atoms with Gasteiger partial charge in [-0.25, -0.2) is 14.8 Å². The highest BCUT2D eigenvalue weighted by Gasteiger charge is 2.09. The predicted octanol–water partition coefficient (Wildman–Crippen LogP) is 2.75. The highest BCUT2D eigenvalue weighted by molar-refractivity contribution is 7.13. The molecule has 100 valence electrons. The zero-order chi connectivity index (χ0) is 13.9. The van der Waals surface area contributed by atoms with E-state index in [4.69, 9.17) is 5.11 Å². The molecule has 0 radical (unpaired) electrons. The second kappa shape index (κ2) is 5.26. The number of nitrogens with zero attached hydrogens (tertiary/aromatic N) is 3. The molecule has 5 nitrogen and oxygen atoms in total. The van der Waals surface area contributed by atoms with Gasteiger partial charge >= 0.3 is 5.97 Å².